The van der Waals surface area contributed by atoms with Crippen molar-refractivity contribution >= 4 is 228 Å². The van der Waals surface area contributed by atoms with Gasteiger partial charge >= 0.3 is 0 Å². The number of nitrogen functional groups attached to an aromatic ring is 1. The maximum atomic E-state index is 6.23. The first-order chi connectivity index (χ1) is 32.0. The molecule has 0 aliphatic heterocycles. The molecular weight excluding hydrogens is 1620 g/mol. The van der Waals surface area contributed by atoms with Gasteiger partial charge in [-0.1, -0.05) is 136 Å². The Kier molecular flexibility index (Phi) is 38.7. The van der Waals surface area contributed by atoms with E-state index >= 15 is 0 Å². The van der Waals surface area contributed by atoms with Crippen molar-refractivity contribution in [1.82, 2.24) is 29.9 Å². The maximum Gasteiger partial charge on any atom is 0.233 e. The van der Waals surface area contributed by atoms with E-state index in [-0.39, 0.29) is 21.1 Å². The molecule has 0 bridgehead atoms. The number of alkyl halides is 6. The molecule has 0 fully saturated rings. The summed E-state index contributed by atoms with van der Waals surface area (Å²) in [5, 5.41) is 6.55. The zero-order chi connectivity index (χ0) is 51.1. The van der Waals surface area contributed by atoms with Gasteiger partial charge in [-0.05, 0) is 147 Å². The van der Waals surface area contributed by atoms with Gasteiger partial charge in [0.05, 0.1) is 40.8 Å². The van der Waals surface area contributed by atoms with Crippen LogP contribution in [0.25, 0.3) is 0 Å². The molecule has 0 saturated heterocycles. The van der Waals surface area contributed by atoms with Gasteiger partial charge in [0.2, 0.25) is 33.0 Å². The summed E-state index contributed by atoms with van der Waals surface area (Å²) in [6, 6.07) is 17.4. The topological polar surface area (TPSA) is 165 Å². The molecule has 0 radical (unpaired) electrons. The first kappa shape index (κ1) is 66.4. The van der Waals surface area contributed by atoms with Crippen LogP contribution in [0.1, 0.15) is 41.5 Å². The van der Waals surface area contributed by atoms with E-state index in [0.717, 1.165) is 90.6 Å². The molecule has 2 aromatic heterocycles. The quantitative estimate of drug-likeness (QED) is 0.0485. The number of nitrogens with one attached hydrogen (secondary N) is 2. The number of ether oxygens (including phenoxy) is 3. The van der Waals surface area contributed by atoms with Crippen LogP contribution in [0, 0.1) is 0 Å². The molecule has 0 amide bonds. The number of nitrogens with two attached hydrogens (primary N) is 1. The minimum atomic E-state index is 0.000000000000000444. The van der Waals surface area contributed by atoms with Crippen molar-refractivity contribution < 1.29 is 14.2 Å². The van der Waals surface area contributed by atoms with E-state index in [4.69, 9.17) is 66.3 Å². The summed E-state index contributed by atoms with van der Waals surface area (Å²) < 4.78 is 18.3. The fraction of sp³-hybridized carbons (Fsp3) is 0.429. The maximum absolute atomic E-state index is 6.23. The highest BCUT2D eigenvalue weighted by atomic mass is 127. The van der Waals surface area contributed by atoms with Crippen LogP contribution in [0.2, 0.25) is 21.1 Å². The molecule has 2 heterocycles. The second-order valence-electron chi connectivity index (χ2n) is 12.2. The van der Waals surface area contributed by atoms with Crippen molar-refractivity contribution in [3.63, 3.8) is 0 Å². The summed E-state index contributed by atoms with van der Waals surface area (Å²) in [4.78, 5) is 32.0. The van der Waals surface area contributed by atoms with Crippen molar-refractivity contribution in [3.05, 3.63) is 75.7 Å². The molecule has 3 aromatic carbocycles. The van der Waals surface area contributed by atoms with Crippen molar-refractivity contribution in [3.8, 4) is 17.2 Å². The standard InChI is InChI=1S/C25H34ClN7O2.C11H18N2O.C3Cl3N3.CHI3.CH2I2.CH3I/c1-7-32(8-2)19-15-17(11-13-21(19)34-5)27-24-29-23(26)30-25(31-24)28-18-12-14-22(35-6)20(16-18)33(9-3)10-4;1-4-13(5-2)10-8-9(12)6-7-11(10)14-3;4-1-7-2(5)9-3(6)8-1;2-1(3)4;2-1-3;1-2/h11-16H,7-10H2,1-6H3,(H2,27,28,29,30,31);6-8H,4-5,12H2,1-3H3;;1H;1H2;1H3. The lowest BCUT2D eigenvalue weighted by Crippen LogP contribution is -2.22. The third kappa shape index (κ3) is 26.1. The zero-order valence-corrected chi connectivity index (χ0v) is 54.8. The second-order valence-corrected chi connectivity index (χ2v) is 28.9. The highest BCUT2D eigenvalue weighted by Crippen LogP contribution is 2.34. The number of methoxy groups -OCH3 is 3. The largest absolute Gasteiger partial charge is 0.495 e. The van der Waals surface area contributed by atoms with Crippen molar-refractivity contribution in [2.75, 3.05) is 99.0 Å². The van der Waals surface area contributed by atoms with E-state index in [9.17, 15) is 0 Å². The Labute approximate surface area is 498 Å². The second kappa shape index (κ2) is 39.0. The first-order valence-corrected chi connectivity index (χ1v) is 30.6. The number of halogens is 10. The van der Waals surface area contributed by atoms with Crippen LogP contribution >= 0.6 is 182 Å². The van der Waals surface area contributed by atoms with Crippen LogP contribution in [0.4, 0.5) is 46.0 Å². The van der Waals surface area contributed by atoms with Gasteiger partial charge in [0.15, 0.2) is 0 Å². The number of aromatic nitrogens is 6. The smallest absolute Gasteiger partial charge is 0.233 e. The number of hydrogen-bond donors (Lipinski definition) is 3. The molecule has 5 aromatic rings. The molecule has 0 unspecified atom stereocenters. The summed E-state index contributed by atoms with van der Waals surface area (Å²) in [7, 11) is 5.02. The third-order valence-electron chi connectivity index (χ3n) is 8.55. The third-order valence-corrected chi connectivity index (χ3v) is 9.22. The predicted octanol–water partition coefficient (Wildman–Crippen LogP) is 15.1. The number of rotatable bonds is 16. The monoisotopic (exact) mass is 1680 g/mol. The van der Waals surface area contributed by atoms with E-state index in [1.165, 1.54) is 2.43 Å². The van der Waals surface area contributed by atoms with Gasteiger partial charge in [0.1, 0.15) is 17.2 Å². The molecule has 67 heavy (non-hydrogen) atoms. The Morgan fingerprint density at radius 2 is 0.776 bits per heavy atom. The normalized spacial score (nSPS) is 9.81. The number of hydrogen-bond acceptors (Lipinski definition) is 15. The molecule has 374 valence electrons. The van der Waals surface area contributed by atoms with Crippen LogP contribution in [0.15, 0.2) is 54.6 Å². The number of nitrogens with zero attached hydrogens (tertiary/aromatic N) is 9. The molecular formula is C42H58Cl4I6N12O3. The SMILES string of the molecule is CCN(CC)c1cc(N)ccc1OC.CCN(CC)c1cc(Nc2nc(Cl)nc(Nc3ccc(OC)c(N(CC)CC)c3)n2)ccc1OC.CI.Clc1nc(Cl)nc(Cl)n1.IC(I)I.ICI. The Balaban J connectivity index is 0.00000110. The molecule has 0 aliphatic rings. The van der Waals surface area contributed by atoms with Crippen molar-refractivity contribution in [1.29, 1.82) is 0 Å². The molecule has 0 atom stereocenters. The summed E-state index contributed by atoms with van der Waals surface area (Å²) in [6.07, 6.45) is 0. The summed E-state index contributed by atoms with van der Waals surface area (Å²) in [5.74, 6) is 3.15. The number of benzene rings is 3. The van der Waals surface area contributed by atoms with Gasteiger partial charge in [-0.2, -0.15) is 29.9 Å². The Hall–Kier alpha value is -0.580. The van der Waals surface area contributed by atoms with Gasteiger partial charge in [-0.3, -0.25) is 0 Å². The lowest BCUT2D eigenvalue weighted by Gasteiger charge is -2.24. The molecule has 0 saturated carbocycles. The van der Waals surface area contributed by atoms with Crippen LogP contribution < -0.4 is 45.3 Å². The summed E-state index contributed by atoms with van der Waals surface area (Å²) in [5.41, 5.74) is 11.2. The van der Waals surface area contributed by atoms with Crippen LogP contribution in [0.5, 0.6) is 17.2 Å². The molecule has 5 rings (SSSR count). The van der Waals surface area contributed by atoms with E-state index < -0.39 is 0 Å². The van der Waals surface area contributed by atoms with E-state index in [0.29, 0.717) is 11.9 Å². The van der Waals surface area contributed by atoms with Crippen LogP contribution in [-0.4, -0.2) is 97.8 Å². The Morgan fingerprint density at radius 1 is 0.507 bits per heavy atom. The lowest BCUT2D eigenvalue weighted by atomic mass is 10.2. The fourth-order valence-electron chi connectivity index (χ4n) is 5.70. The minimum Gasteiger partial charge on any atom is -0.495 e. The van der Waals surface area contributed by atoms with Gasteiger partial charge in [-0.15, -0.1) is 0 Å². The van der Waals surface area contributed by atoms with E-state index in [2.05, 4.69) is 232 Å². The molecule has 0 aliphatic carbocycles. The fourth-order valence-corrected chi connectivity index (χ4v) is 6.47. The Morgan fingerprint density at radius 3 is 1.06 bits per heavy atom. The van der Waals surface area contributed by atoms with E-state index in [1.54, 1.807) is 21.3 Å². The summed E-state index contributed by atoms with van der Waals surface area (Å²) in [6.45, 7) is 18.0. The predicted molar refractivity (Wildman–Crippen MR) is 339 cm³/mol. The van der Waals surface area contributed by atoms with Crippen LogP contribution in [-0.2, 0) is 0 Å². The number of anilines is 8. The van der Waals surface area contributed by atoms with Gasteiger partial charge in [-0.25, -0.2) is 0 Å². The molecule has 4 N–H and O–H groups in total. The molecule has 15 nitrogen and oxygen atoms in total. The zero-order valence-electron chi connectivity index (χ0n) is 38.8. The van der Waals surface area contributed by atoms with Gasteiger partial charge in [0.25, 0.3) is 0 Å². The molecule has 0 spiro atoms. The minimum absolute atomic E-state index is 0.000000000000000444. The highest BCUT2D eigenvalue weighted by molar-refractivity contribution is 14.3. The average Bonchev–Trinajstić information content (AvgIpc) is 3.28. The van der Waals surface area contributed by atoms with E-state index in [1.807, 2.05) is 59.5 Å². The lowest BCUT2D eigenvalue weighted by molar-refractivity contribution is 0.414. The first-order valence-electron chi connectivity index (χ1n) is 20.2. The summed E-state index contributed by atoms with van der Waals surface area (Å²) >= 11 is 35.8. The van der Waals surface area contributed by atoms with Crippen LogP contribution in [0.3, 0.4) is 0 Å². The highest BCUT2D eigenvalue weighted by Gasteiger charge is 2.15. The van der Waals surface area contributed by atoms with Crippen molar-refractivity contribution in [2.45, 2.75) is 41.5 Å². The molecule has 25 heteroatoms. The Bertz CT molecular complexity index is 2000. The van der Waals surface area contributed by atoms with Crippen molar-refractivity contribution in [2.24, 2.45) is 0 Å². The average molecular weight is 1680 g/mol. The van der Waals surface area contributed by atoms with Gasteiger partial charge in [0, 0.05) is 56.3 Å². The van der Waals surface area contributed by atoms with Gasteiger partial charge < -0.3 is 45.3 Å².